The summed E-state index contributed by atoms with van der Waals surface area (Å²) in [6.45, 7) is 12.4. The van der Waals surface area contributed by atoms with Crippen molar-refractivity contribution in [1.29, 1.82) is 0 Å². The van der Waals surface area contributed by atoms with E-state index >= 15 is 0 Å². The molecule has 120 valence electrons. The van der Waals surface area contributed by atoms with E-state index in [-0.39, 0.29) is 0 Å². The van der Waals surface area contributed by atoms with Crippen molar-refractivity contribution in [2.45, 2.75) is 65.5 Å². The second kappa shape index (κ2) is 8.54. The molecule has 0 bridgehead atoms. The van der Waals surface area contributed by atoms with E-state index in [9.17, 15) is 0 Å². The summed E-state index contributed by atoms with van der Waals surface area (Å²) in [7, 11) is 0. The number of rotatable bonds is 7. The molecule has 0 aromatic carbocycles. The molecule has 0 spiro atoms. The summed E-state index contributed by atoms with van der Waals surface area (Å²) < 4.78 is 2.13. The van der Waals surface area contributed by atoms with E-state index in [0.717, 1.165) is 25.2 Å². The van der Waals surface area contributed by atoms with Crippen molar-refractivity contribution in [3.8, 4) is 0 Å². The summed E-state index contributed by atoms with van der Waals surface area (Å²) >= 11 is 0. The van der Waals surface area contributed by atoms with Crippen LogP contribution in [-0.4, -0.2) is 46.9 Å². The fourth-order valence-electron chi connectivity index (χ4n) is 3.34. The molecule has 1 N–H and O–H groups in total. The number of hydrogen-bond acceptors (Lipinski definition) is 3. The van der Waals surface area contributed by atoms with Crippen LogP contribution in [0.5, 0.6) is 0 Å². The second-order valence-corrected chi connectivity index (χ2v) is 6.43. The summed E-state index contributed by atoms with van der Waals surface area (Å²) in [5.74, 6) is 0. The SMILES string of the molecule is CCCN1CCCC(NCCCn2nc(C)cc2C)CC1. The van der Waals surface area contributed by atoms with E-state index < -0.39 is 0 Å². The number of nitrogens with zero attached hydrogens (tertiary/aromatic N) is 3. The zero-order valence-corrected chi connectivity index (χ0v) is 14.1. The van der Waals surface area contributed by atoms with Crippen LogP contribution in [0.25, 0.3) is 0 Å². The van der Waals surface area contributed by atoms with Crippen molar-refractivity contribution in [1.82, 2.24) is 20.0 Å². The zero-order chi connectivity index (χ0) is 15.1. The lowest BCUT2D eigenvalue weighted by Gasteiger charge is -2.19. The Kier molecular flexibility index (Phi) is 6.71. The van der Waals surface area contributed by atoms with Gasteiger partial charge in [0.05, 0.1) is 5.69 Å². The molecular formula is C17H32N4. The highest BCUT2D eigenvalue weighted by atomic mass is 15.3. The standard InChI is InChI=1S/C17H32N4/c1-4-10-20-11-5-7-17(8-13-20)18-9-6-12-21-16(3)14-15(2)19-21/h14,17-18H,4-13H2,1-3H3. The van der Waals surface area contributed by atoms with Crippen molar-refractivity contribution < 1.29 is 0 Å². The first kappa shape index (κ1) is 16.5. The van der Waals surface area contributed by atoms with E-state index in [2.05, 4.69) is 46.8 Å². The van der Waals surface area contributed by atoms with E-state index in [4.69, 9.17) is 0 Å². The van der Waals surface area contributed by atoms with Crippen molar-refractivity contribution in [3.05, 3.63) is 17.5 Å². The minimum absolute atomic E-state index is 0.715. The van der Waals surface area contributed by atoms with Gasteiger partial charge < -0.3 is 10.2 Å². The molecule has 1 aliphatic heterocycles. The molecule has 0 amide bonds. The normalized spacial score (nSPS) is 20.6. The molecule has 2 rings (SSSR count). The number of hydrogen-bond donors (Lipinski definition) is 1. The van der Waals surface area contributed by atoms with Gasteiger partial charge in [0.2, 0.25) is 0 Å². The Labute approximate surface area is 129 Å². The number of nitrogens with one attached hydrogen (secondary N) is 1. The van der Waals surface area contributed by atoms with Gasteiger partial charge in [-0.1, -0.05) is 6.92 Å². The number of aryl methyl sites for hydroxylation is 3. The van der Waals surface area contributed by atoms with Crippen molar-refractivity contribution in [2.75, 3.05) is 26.2 Å². The molecule has 4 heteroatoms. The monoisotopic (exact) mass is 292 g/mol. The van der Waals surface area contributed by atoms with Gasteiger partial charge in [-0.3, -0.25) is 4.68 Å². The van der Waals surface area contributed by atoms with Gasteiger partial charge in [-0.15, -0.1) is 0 Å². The van der Waals surface area contributed by atoms with Crippen LogP contribution in [0.4, 0.5) is 0 Å². The minimum atomic E-state index is 0.715. The highest BCUT2D eigenvalue weighted by Crippen LogP contribution is 2.11. The Hall–Kier alpha value is -0.870. The van der Waals surface area contributed by atoms with Crippen LogP contribution in [0, 0.1) is 13.8 Å². The van der Waals surface area contributed by atoms with E-state index in [1.54, 1.807) is 0 Å². The molecular weight excluding hydrogens is 260 g/mol. The van der Waals surface area contributed by atoms with Crippen molar-refractivity contribution in [2.24, 2.45) is 0 Å². The molecule has 1 saturated heterocycles. The summed E-state index contributed by atoms with van der Waals surface area (Å²) in [4.78, 5) is 2.62. The smallest absolute Gasteiger partial charge is 0.0596 e. The van der Waals surface area contributed by atoms with Crippen LogP contribution in [-0.2, 0) is 6.54 Å². The first-order valence-corrected chi connectivity index (χ1v) is 8.66. The Morgan fingerprint density at radius 1 is 1.24 bits per heavy atom. The Bertz CT molecular complexity index is 413. The molecule has 1 fully saturated rings. The predicted molar refractivity (Wildman–Crippen MR) is 88.7 cm³/mol. The van der Waals surface area contributed by atoms with Gasteiger partial charge >= 0.3 is 0 Å². The zero-order valence-electron chi connectivity index (χ0n) is 14.1. The fraction of sp³-hybridized carbons (Fsp3) is 0.824. The molecule has 1 aromatic rings. The topological polar surface area (TPSA) is 33.1 Å². The largest absolute Gasteiger partial charge is 0.314 e. The molecule has 4 nitrogen and oxygen atoms in total. The molecule has 0 radical (unpaired) electrons. The molecule has 1 unspecified atom stereocenters. The third-order valence-electron chi connectivity index (χ3n) is 4.44. The summed E-state index contributed by atoms with van der Waals surface area (Å²) in [6.07, 6.45) is 6.42. The van der Waals surface area contributed by atoms with Gasteiger partial charge in [0, 0.05) is 18.3 Å². The maximum Gasteiger partial charge on any atom is 0.0596 e. The van der Waals surface area contributed by atoms with Gasteiger partial charge in [0.15, 0.2) is 0 Å². The average molecular weight is 292 g/mol. The third-order valence-corrected chi connectivity index (χ3v) is 4.44. The van der Waals surface area contributed by atoms with Gasteiger partial charge in [0.1, 0.15) is 0 Å². The lowest BCUT2D eigenvalue weighted by atomic mass is 10.1. The van der Waals surface area contributed by atoms with Crippen LogP contribution in [0.2, 0.25) is 0 Å². The summed E-state index contributed by atoms with van der Waals surface area (Å²) in [6, 6.07) is 2.87. The number of aromatic nitrogens is 2. The van der Waals surface area contributed by atoms with Crippen molar-refractivity contribution >= 4 is 0 Å². The maximum atomic E-state index is 4.52. The van der Waals surface area contributed by atoms with Gasteiger partial charge in [-0.2, -0.15) is 5.10 Å². The van der Waals surface area contributed by atoms with E-state index in [1.807, 2.05) is 0 Å². The maximum absolute atomic E-state index is 4.52. The van der Waals surface area contributed by atoms with Crippen LogP contribution in [0.3, 0.4) is 0 Å². The summed E-state index contributed by atoms with van der Waals surface area (Å²) in [5.41, 5.74) is 2.40. The Morgan fingerprint density at radius 3 is 2.81 bits per heavy atom. The van der Waals surface area contributed by atoms with E-state index in [1.165, 1.54) is 51.0 Å². The lowest BCUT2D eigenvalue weighted by molar-refractivity contribution is 0.282. The lowest BCUT2D eigenvalue weighted by Crippen LogP contribution is -2.32. The fourth-order valence-corrected chi connectivity index (χ4v) is 3.34. The van der Waals surface area contributed by atoms with Gasteiger partial charge in [0.25, 0.3) is 0 Å². The second-order valence-electron chi connectivity index (χ2n) is 6.43. The average Bonchev–Trinajstić information content (AvgIpc) is 2.64. The predicted octanol–water partition coefficient (Wildman–Crippen LogP) is 2.74. The number of likely N-dealkylation sites (tertiary alicyclic amines) is 1. The van der Waals surface area contributed by atoms with Crippen LogP contribution in [0.15, 0.2) is 6.07 Å². The molecule has 21 heavy (non-hydrogen) atoms. The molecule has 0 saturated carbocycles. The van der Waals surface area contributed by atoms with Gasteiger partial charge in [-0.25, -0.2) is 0 Å². The molecule has 2 heterocycles. The van der Waals surface area contributed by atoms with E-state index in [0.29, 0.717) is 6.04 Å². The van der Waals surface area contributed by atoms with Crippen LogP contribution < -0.4 is 5.32 Å². The quantitative estimate of drug-likeness (QED) is 0.785. The first-order valence-electron chi connectivity index (χ1n) is 8.66. The molecule has 1 aliphatic rings. The van der Waals surface area contributed by atoms with Gasteiger partial charge in [-0.05, 0) is 78.2 Å². The van der Waals surface area contributed by atoms with Crippen molar-refractivity contribution in [3.63, 3.8) is 0 Å². The van der Waals surface area contributed by atoms with Crippen LogP contribution in [0.1, 0.15) is 50.4 Å². The molecule has 1 aromatic heterocycles. The first-order chi connectivity index (χ1) is 10.2. The third kappa shape index (κ3) is 5.44. The highest BCUT2D eigenvalue weighted by Gasteiger charge is 2.15. The summed E-state index contributed by atoms with van der Waals surface area (Å²) in [5, 5.41) is 8.28. The minimum Gasteiger partial charge on any atom is -0.314 e. The Morgan fingerprint density at radius 2 is 2.10 bits per heavy atom. The molecule has 1 atom stereocenters. The Balaban J connectivity index is 1.63. The molecule has 0 aliphatic carbocycles. The van der Waals surface area contributed by atoms with Crippen LogP contribution >= 0.6 is 0 Å². The highest BCUT2D eigenvalue weighted by molar-refractivity contribution is 5.06.